The molecule has 1 aromatic rings. The number of aliphatic hydroxyl groups is 1. The molecular weight excluding hydrogens is 174 g/mol. The first-order valence-corrected chi connectivity index (χ1v) is 4.94. The van der Waals surface area contributed by atoms with Gasteiger partial charge in [-0.25, -0.2) is 0 Å². The molecule has 0 saturated carbocycles. The molecule has 2 nitrogen and oxygen atoms in total. The van der Waals surface area contributed by atoms with E-state index in [1.54, 1.807) is 13.8 Å². The van der Waals surface area contributed by atoms with Crippen LogP contribution in [0, 0.1) is 0 Å². The zero-order chi connectivity index (χ0) is 10.9. The van der Waals surface area contributed by atoms with Gasteiger partial charge in [-0.15, -0.1) is 0 Å². The lowest BCUT2D eigenvalue weighted by molar-refractivity contribution is 0.0785. The fourth-order valence-electron chi connectivity index (χ4n) is 1.36. The molecule has 0 amide bonds. The Balaban J connectivity index is 3.21. The lowest BCUT2D eigenvalue weighted by Crippen LogP contribution is -2.16. The normalized spacial score (nSPS) is 12.1. The van der Waals surface area contributed by atoms with E-state index in [1.165, 1.54) is 5.56 Å². The summed E-state index contributed by atoms with van der Waals surface area (Å²) >= 11 is 0. The molecule has 0 bridgehead atoms. The highest BCUT2D eigenvalue weighted by atomic mass is 16.3. The zero-order valence-corrected chi connectivity index (χ0v) is 9.33. The van der Waals surface area contributed by atoms with Crippen molar-refractivity contribution in [3.63, 3.8) is 0 Å². The van der Waals surface area contributed by atoms with Gasteiger partial charge in [0.15, 0.2) is 0 Å². The van der Waals surface area contributed by atoms with Crippen molar-refractivity contribution in [1.29, 1.82) is 0 Å². The van der Waals surface area contributed by atoms with Crippen LogP contribution < -0.4 is 5.73 Å². The fourth-order valence-corrected chi connectivity index (χ4v) is 1.36. The summed E-state index contributed by atoms with van der Waals surface area (Å²) in [4.78, 5) is 0. The standard InChI is InChI=1S/C12H19NO/c1-8(2)9-5-10(12(3,4)14)7-11(13)6-9/h5-8,14H,13H2,1-4H3. The van der Waals surface area contributed by atoms with Crippen molar-refractivity contribution >= 4 is 5.69 Å². The van der Waals surface area contributed by atoms with E-state index < -0.39 is 5.60 Å². The highest BCUT2D eigenvalue weighted by molar-refractivity contribution is 5.47. The molecule has 0 atom stereocenters. The Morgan fingerprint density at radius 3 is 2.21 bits per heavy atom. The molecule has 0 unspecified atom stereocenters. The predicted octanol–water partition coefficient (Wildman–Crippen LogP) is 2.62. The van der Waals surface area contributed by atoms with Crippen molar-refractivity contribution in [3.05, 3.63) is 29.3 Å². The molecule has 0 heterocycles. The smallest absolute Gasteiger partial charge is 0.0841 e. The Labute approximate surface area is 85.8 Å². The average Bonchev–Trinajstić information content (AvgIpc) is 2.01. The summed E-state index contributed by atoms with van der Waals surface area (Å²) in [6, 6.07) is 5.80. The van der Waals surface area contributed by atoms with Gasteiger partial charge in [0.2, 0.25) is 0 Å². The van der Waals surface area contributed by atoms with Gasteiger partial charge in [0.1, 0.15) is 0 Å². The van der Waals surface area contributed by atoms with Gasteiger partial charge in [-0.2, -0.15) is 0 Å². The van der Waals surface area contributed by atoms with E-state index in [0.29, 0.717) is 11.6 Å². The second-order valence-corrected chi connectivity index (χ2v) is 4.60. The van der Waals surface area contributed by atoms with Gasteiger partial charge in [-0.3, -0.25) is 0 Å². The van der Waals surface area contributed by atoms with Crippen LogP contribution in [0.15, 0.2) is 18.2 Å². The highest BCUT2D eigenvalue weighted by Crippen LogP contribution is 2.26. The quantitative estimate of drug-likeness (QED) is 0.709. The van der Waals surface area contributed by atoms with Crippen molar-refractivity contribution in [1.82, 2.24) is 0 Å². The van der Waals surface area contributed by atoms with Crippen LogP contribution in [0.2, 0.25) is 0 Å². The minimum atomic E-state index is -0.820. The molecular formula is C12H19NO. The summed E-state index contributed by atoms with van der Waals surface area (Å²) in [6.45, 7) is 7.77. The summed E-state index contributed by atoms with van der Waals surface area (Å²) in [5.74, 6) is 0.430. The highest BCUT2D eigenvalue weighted by Gasteiger charge is 2.17. The third kappa shape index (κ3) is 2.48. The molecule has 78 valence electrons. The third-order valence-electron chi connectivity index (χ3n) is 2.35. The largest absolute Gasteiger partial charge is 0.399 e. The van der Waals surface area contributed by atoms with Crippen molar-refractivity contribution in [2.45, 2.75) is 39.2 Å². The maximum absolute atomic E-state index is 9.86. The molecule has 0 aliphatic rings. The number of anilines is 1. The number of rotatable bonds is 2. The first kappa shape index (κ1) is 11.1. The SMILES string of the molecule is CC(C)c1cc(N)cc(C(C)(C)O)c1. The molecule has 1 rings (SSSR count). The third-order valence-corrected chi connectivity index (χ3v) is 2.35. The van der Waals surface area contributed by atoms with E-state index in [1.807, 2.05) is 18.2 Å². The van der Waals surface area contributed by atoms with Crippen LogP contribution in [0.1, 0.15) is 44.7 Å². The van der Waals surface area contributed by atoms with Crippen LogP contribution in [0.3, 0.4) is 0 Å². The lowest BCUT2D eigenvalue weighted by Gasteiger charge is -2.20. The molecule has 1 aromatic carbocycles. The van der Waals surface area contributed by atoms with Gasteiger partial charge in [0.05, 0.1) is 5.60 Å². The van der Waals surface area contributed by atoms with Crippen LogP contribution in [0.25, 0.3) is 0 Å². The van der Waals surface area contributed by atoms with Crippen LogP contribution in [0.4, 0.5) is 5.69 Å². The molecule has 0 aliphatic heterocycles. The Hall–Kier alpha value is -1.02. The van der Waals surface area contributed by atoms with Crippen LogP contribution in [0.5, 0.6) is 0 Å². The summed E-state index contributed by atoms with van der Waals surface area (Å²) < 4.78 is 0. The number of hydrogen-bond acceptors (Lipinski definition) is 2. The van der Waals surface area contributed by atoms with E-state index in [2.05, 4.69) is 13.8 Å². The molecule has 0 spiro atoms. The first-order valence-electron chi connectivity index (χ1n) is 4.94. The topological polar surface area (TPSA) is 46.2 Å². The number of nitrogen functional groups attached to an aromatic ring is 1. The zero-order valence-electron chi connectivity index (χ0n) is 9.33. The maximum Gasteiger partial charge on any atom is 0.0841 e. The molecule has 0 aromatic heterocycles. The number of nitrogens with two attached hydrogens (primary N) is 1. The van der Waals surface area contributed by atoms with Crippen LogP contribution in [-0.2, 0) is 5.60 Å². The van der Waals surface area contributed by atoms with Crippen molar-refractivity contribution < 1.29 is 5.11 Å². The molecule has 2 heteroatoms. The molecule has 0 aliphatic carbocycles. The van der Waals surface area contributed by atoms with E-state index in [4.69, 9.17) is 5.73 Å². The Morgan fingerprint density at radius 2 is 1.79 bits per heavy atom. The van der Waals surface area contributed by atoms with Gasteiger partial charge in [-0.05, 0) is 43.0 Å². The maximum atomic E-state index is 9.86. The second-order valence-electron chi connectivity index (χ2n) is 4.60. The van der Waals surface area contributed by atoms with Gasteiger partial charge >= 0.3 is 0 Å². The van der Waals surface area contributed by atoms with Crippen LogP contribution >= 0.6 is 0 Å². The summed E-state index contributed by atoms with van der Waals surface area (Å²) in [6.07, 6.45) is 0. The summed E-state index contributed by atoms with van der Waals surface area (Å²) in [7, 11) is 0. The van der Waals surface area contributed by atoms with Crippen molar-refractivity contribution in [2.75, 3.05) is 5.73 Å². The van der Waals surface area contributed by atoms with Gasteiger partial charge in [-0.1, -0.05) is 19.9 Å². The minimum Gasteiger partial charge on any atom is -0.399 e. The van der Waals surface area contributed by atoms with E-state index in [-0.39, 0.29) is 0 Å². The Morgan fingerprint density at radius 1 is 1.21 bits per heavy atom. The number of benzene rings is 1. The van der Waals surface area contributed by atoms with Crippen molar-refractivity contribution in [3.8, 4) is 0 Å². The second kappa shape index (κ2) is 3.62. The molecule has 3 N–H and O–H groups in total. The molecule has 0 saturated heterocycles. The van der Waals surface area contributed by atoms with E-state index in [0.717, 1.165) is 5.56 Å². The molecule has 0 radical (unpaired) electrons. The summed E-state index contributed by atoms with van der Waals surface area (Å²) in [5.41, 5.74) is 7.72. The molecule has 14 heavy (non-hydrogen) atoms. The Bertz CT molecular complexity index is 324. The van der Waals surface area contributed by atoms with Crippen molar-refractivity contribution in [2.24, 2.45) is 0 Å². The lowest BCUT2D eigenvalue weighted by atomic mass is 9.92. The number of hydrogen-bond donors (Lipinski definition) is 2. The van der Waals surface area contributed by atoms with Gasteiger partial charge in [0, 0.05) is 5.69 Å². The Kier molecular flexibility index (Phi) is 2.86. The minimum absolute atomic E-state index is 0.430. The van der Waals surface area contributed by atoms with E-state index in [9.17, 15) is 5.11 Å². The van der Waals surface area contributed by atoms with Gasteiger partial charge < -0.3 is 10.8 Å². The average molecular weight is 193 g/mol. The monoisotopic (exact) mass is 193 g/mol. The van der Waals surface area contributed by atoms with E-state index >= 15 is 0 Å². The first-order chi connectivity index (χ1) is 6.30. The fraction of sp³-hybridized carbons (Fsp3) is 0.500. The molecule has 0 fully saturated rings. The predicted molar refractivity (Wildman–Crippen MR) is 60.2 cm³/mol. The van der Waals surface area contributed by atoms with Gasteiger partial charge in [0.25, 0.3) is 0 Å². The van der Waals surface area contributed by atoms with Crippen LogP contribution in [-0.4, -0.2) is 5.11 Å². The summed E-state index contributed by atoms with van der Waals surface area (Å²) in [5, 5.41) is 9.86.